The van der Waals surface area contributed by atoms with Crippen LogP contribution in [0.4, 0.5) is 5.69 Å². The first-order valence-corrected chi connectivity index (χ1v) is 7.54. The standard InChI is InChI=1S/C14H22BrN3/c1-11(2)18(10-12-4-3-6-16-8-12)14-5-7-17-9-13(14)15/h5,7,9,11-12,16H,3-4,6,8,10H2,1-2H3. The quantitative estimate of drug-likeness (QED) is 0.926. The second kappa shape index (κ2) is 6.53. The highest BCUT2D eigenvalue weighted by Crippen LogP contribution is 2.28. The Morgan fingerprint density at radius 2 is 2.39 bits per heavy atom. The van der Waals surface area contributed by atoms with Crippen molar-refractivity contribution in [3.63, 3.8) is 0 Å². The first-order chi connectivity index (χ1) is 8.68. The fourth-order valence-corrected chi connectivity index (χ4v) is 3.02. The molecule has 0 radical (unpaired) electrons. The van der Waals surface area contributed by atoms with Crippen LogP contribution < -0.4 is 10.2 Å². The Labute approximate surface area is 118 Å². The van der Waals surface area contributed by atoms with Gasteiger partial charge in [0.25, 0.3) is 0 Å². The minimum Gasteiger partial charge on any atom is -0.368 e. The largest absolute Gasteiger partial charge is 0.368 e. The Morgan fingerprint density at radius 3 is 3.00 bits per heavy atom. The first kappa shape index (κ1) is 13.8. The lowest BCUT2D eigenvalue weighted by molar-refractivity contribution is 0.371. The zero-order valence-corrected chi connectivity index (χ0v) is 12.8. The third-order valence-corrected chi connectivity index (χ3v) is 4.15. The number of anilines is 1. The number of hydrogen-bond acceptors (Lipinski definition) is 3. The zero-order chi connectivity index (χ0) is 13.0. The third-order valence-electron chi connectivity index (χ3n) is 3.54. The van der Waals surface area contributed by atoms with Crippen molar-refractivity contribution in [2.45, 2.75) is 32.7 Å². The highest BCUT2D eigenvalue weighted by atomic mass is 79.9. The Morgan fingerprint density at radius 1 is 1.56 bits per heavy atom. The second-order valence-electron chi connectivity index (χ2n) is 5.29. The molecule has 2 rings (SSSR count). The molecule has 0 amide bonds. The number of pyridine rings is 1. The summed E-state index contributed by atoms with van der Waals surface area (Å²) < 4.78 is 1.09. The number of nitrogens with zero attached hydrogens (tertiary/aromatic N) is 2. The molecule has 100 valence electrons. The predicted molar refractivity (Wildman–Crippen MR) is 80.0 cm³/mol. The molecule has 1 aliphatic heterocycles. The second-order valence-corrected chi connectivity index (χ2v) is 6.14. The highest BCUT2D eigenvalue weighted by molar-refractivity contribution is 9.10. The van der Waals surface area contributed by atoms with Gasteiger partial charge in [-0.3, -0.25) is 4.98 Å². The molecule has 2 heterocycles. The molecule has 0 spiro atoms. The fraction of sp³-hybridized carbons (Fsp3) is 0.643. The molecule has 1 N–H and O–H groups in total. The normalized spacial score (nSPS) is 20.1. The maximum absolute atomic E-state index is 4.15. The van der Waals surface area contributed by atoms with E-state index in [2.05, 4.69) is 51.0 Å². The average molecular weight is 312 g/mol. The molecule has 1 atom stereocenters. The van der Waals surface area contributed by atoms with Gasteiger partial charge in [0.2, 0.25) is 0 Å². The van der Waals surface area contributed by atoms with E-state index < -0.39 is 0 Å². The number of halogens is 1. The Bertz CT molecular complexity index is 375. The Hall–Kier alpha value is -0.610. The molecule has 0 aromatic carbocycles. The average Bonchev–Trinajstić information content (AvgIpc) is 2.38. The molecule has 4 heteroatoms. The number of rotatable bonds is 4. The lowest BCUT2D eigenvalue weighted by Crippen LogP contribution is -2.41. The summed E-state index contributed by atoms with van der Waals surface area (Å²) in [7, 11) is 0. The van der Waals surface area contributed by atoms with Gasteiger partial charge in [-0.15, -0.1) is 0 Å². The van der Waals surface area contributed by atoms with Gasteiger partial charge in [0.1, 0.15) is 0 Å². The molecule has 18 heavy (non-hydrogen) atoms. The van der Waals surface area contributed by atoms with E-state index in [1.807, 2.05) is 12.4 Å². The maximum atomic E-state index is 4.15. The summed E-state index contributed by atoms with van der Waals surface area (Å²) in [5.74, 6) is 0.751. The van der Waals surface area contributed by atoms with E-state index in [4.69, 9.17) is 0 Å². The molecule has 3 nitrogen and oxygen atoms in total. The van der Waals surface area contributed by atoms with Crippen molar-refractivity contribution in [3.8, 4) is 0 Å². The van der Waals surface area contributed by atoms with E-state index in [0.29, 0.717) is 6.04 Å². The minimum atomic E-state index is 0.505. The van der Waals surface area contributed by atoms with E-state index in [1.165, 1.54) is 25.1 Å². The number of hydrogen-bond donors (Lipinski definition) is 1. The van der Waals surface area contributed by atoms with Crippen LogP contribution in [-0.2, 0) is 0 Å². The molecular weight excluding hydrogens is 290 g/mol. The molecule has 0 bridgehead atoms. The van der Waals surface area contributed by atoms with Crippen molar-refractivity contribution in [1.82, 2.24) is 10.3 Å². The fourth-order valence-electron chi connectivity index (χ4n) is 2.55. The van der Waals surface area contributed by atoms with Gasteiger partial charge >= 0.3 is 0 Å². The van der Waals surface area contributed by atoms with Crippen molar-refractivity contribution in [1.29, 1.82) is 0 Å². The summed E-state index contributed by atoms with van der Waals surface area (Å²) in [6.07, 6.45) is 6.38. The van der Waals surface area contributed by atoms with Crippen LogP contribution in [0, 0.1) is 5.92 Å². The third kappa shape index (κ3) is 3.45. The minimum absolute atomic E-state index is 0.505. The summed E-state index contributed by atoms with van der Waals surface area (Å²) in [6, 6.07) is 2.60. The van der Waals surface area contributed by atoms with Gasteiger partial charge in [0.05, 0.1) is 10.2 Å². The van der Waals surface area contributed by atoms with Gasteiger partial charge in [0.15, 0.2) is 0 Å². The molecule has 1 unspecified atom stereocenters. The SMILES string of the molecule is CC(C)N(CC1CCCNC1)c1ccncc1Br. The van der Waals surface area contributed by atoms with E-state index in [1.54, 1.807) is 0 Å². The predicted octanol–water partition coefficient (Wildman–Crippen LogP) is 3.06. The van der Waals surface area contributed by atoms with Gasteiger partial charge in [-0.1, -0.05) is 0 Å². The van der Waals surface area contributed by atoms with Crippen LogP contribution in [0.3, 0.4) is 0 Å². The summed E-state index contributed by atoms with van der Waals surface area (Å²) in [4.78, 5) is 6.62. The summed E-state index contributed by atoms with van der Waals surface area (Å²) in [5.41, 5.74) is 1.26. The number of aromatic nitrogens is 1. The van der Waals surface area contributed by atoms with Crippen LogP contribution in [0.5, 0.6) is 0 Å². The monoisotopic (exact) mass is 311 g/mol. The van der Waals surface area contributed by atoms with Crippen LogP contribution in [0.2, 0.25) is 0 Å². The van der Waals surface area contributed by atoms with Crippen molar-refractivity contribution in [2.24, 2.45) is 5.92 Å². The number of nitrogens with one attached hydrogen (secondary N) is 1. The van der Waals surface area contributed by atoms with Crippen molar-refractivity contribution >= 4 is 21.6 Å². The van der Waals surface area contributed by atoms with Gasteiger partial charge in [-0.05, 0) is 67.7 Å². The maximum Gasteiger partial charge on any atom is 0.0592 e. The molecule has 0 saturated carbocycles. The van der Waals surface area contributed by atoms with Gasteiger partial charge in [-0.2, -0.15) is 0 Å². The number of piperidine rings is 1. The highest BCUT2D eigenvalue weighted by Gasteiger charge is 2.20. The summed E-state index contributed by atoms with van der Waals surface area (Å²) >= 11 is 3.61. The summed E-state index contributed by atoms with van der Waals surface area (Å²) in [5, 5.41) is 3.49. The molecule has 1 fully saturated rings. The summed E-state index contributed by atoms with van der Waals surface area (Å²) in [6.45, 7) is 7.95. The van der Waals surface area contributed by atoms with Crippen molar-refractivity contribution < 1.29 is 0 Å². The van der Waals surface area contributed by atoms with Crippen molar-refractivity contribution in [3.05, 3.63) is 22.9 Å². The van der Waals surface area contributed by atoms with Gasteiger partial charge in [-0.25, -0.2) is 0 Å². The first-order valence-electron chi connectivity index (χ1n) is 6.75. The van der Waals surface area contributed by atoms with E-state index in [-0.39, 0.29) is 0 Å². The van der Waals surface area contributed by atoms with Crippen molar-refractivity contribution in [2.75, 3.05) is 24.5 Å². The van der Waals surface area contributed by atoms with Crippen LogP contribution in [0.1, 0.15) is 26.7 Å². The lowest BCUT2D eigenvalue weighted by Gasteiger charge is -2.35. The van der Waals surface area contributed by atoms with E-state index in [9.17, 15) is 0 Å². The van der Waals surface area contributed by atoms with Crippen LogP contribution in [0.15, 0.2) is 22.9 Å². The Kier molecular flexibility index (Phi) is 5.01. The van der Waals surface area contributed by atoms with Crippen LogP contribution in [-0.4, -0.2) is 30.7 Å². The van der Waals surface area contributed by atoms with Crippen LogP contribution >= 0.6 is 15.9 Å². The smallest absolute Gasteiger partial charge is 0.0592 e. The van der Waals surface area contributed by atoms with Gasteiger partial charge < -0.3 is 10.2 Å². The lowest BCUT2D eigenvalue weighted by atomic mass is 9.98. The zero-order valence-electron chi connectivity index (χ0n) is 11.2. The Balaban J connectivity index is 2.10. The molecule has 0 aliphatic carbocycles. The van der Waals surface area contributed by atoms with Crippen LogP contribution in [0.25, 0.3) is 0 Å². The van der Waals surface area contributed by atoms with E-state index >= 15 is 0 Å². The van der Waals surface area contributed by atoms with E-state index in [0.717, 1.165) is 23.5 Å². The molecule has 1 aromatic heterocycles. The van der Waals surface area contributed by atoms with Gasteiger partial charge in [0, 0.05) is 25.0 Å². The molecular formula is C14H22BrN3. The topological polar surface area (TPSA) is 28.2 Å². The molecule has 1 saturated heterocycles. The molecule has 1 aliphatic rings. The molecule has 1 aromatic rings.